The van der Waals surface area contributed by atoms with Crippen molar-refractivity contribution in [2.24, 2.45) is 16.7 Å². The molecule has 0 aromatic heterocycles. The van der Waals surface area contributed by atoms with Crippen molar-refractivity contribution in [3.8, 4) is 0 Å². The number of carbonyl (C=O) groups excluding carboxylic acids is 2. The molecule has 0 amide bonds. The average Bonchev–Trinajstić information content (AvgIpc) is 3.11. The summed E-state index contributed by atoms with van der Waals surface area (Å²) in [5.41, 5.74) is -0.233. The van der Waals surface area contributed by atoms with Crippen molar-refractivity contribution in [1.82, 2.24) is 0 Å². The van der Waals surface area contributed by atoms with Crippen LogP contribution in [0.3, 0.4) is 0 Å². The summed E-state index contributed by atoms with van der Waals surface area (Å²) in [5.74, 6) is -0.0601. The summed E-state index contributed by atoms with van der Waals surface area (Å²) < 4.78 is 5.76. The van der Waals surface area contributed by atoms with Crippen LogP contribution in [-0.2, 0) is 14.3 Å². The quantitative estimate of drug-likeness (QED) is 0.716. The molecule has 3 heteroatoms. The highest BCUT2D eigenvalue weighted by atomic mass is 16.5. The van der Waals surface area contributed by atoms with Crippen molar-refractivity contribution < 1.29 is 14.3 Å². The van der Waals surface area contributed by atoms with Gasteiger partial charge in [-0.1, -0.05) is 12.2 Å². The fourth-order valence-corrected chi connectivity index (χ4v) is 3.97. The van der Waals surface area contributed by atoms with Crippen LogP contribution < -0.4 is 0 Å². The molecule has 3 aliphatic rings. The van der Waals surface area contributed by atoms with Crippen molar-refractivity contribution in [1.29, 1.82) is 0 Å². The van der Waals surface area contributed by atoms with E-state index in [4.69, 9.17) is 4.74 Å². The molecule has 3 atom stereocenters. The van der Waals surface area contributed by atoms with Crippen LogP contribution in [0.15, 0.2) is 23.8 Å². The second-order valence-electron chi connectivity index (χ2n) is 6.24. The van der Waals surface area contributed by atoms with E-state index in [0.29, 0.717) is 12.2 Å². The Balaban J connectivity index is 2.14. The molecule has 1 fully saturated rings. The number of ketones is 2. The maximum Gasteiger partial charge on any atom is 0.168 e. The molecule has 102 valence electrons. The second-order valence-corrected chi connectivity index (χ2v) is 6.24. The lowest BCUT2D eigenvalue weighted by Crippen LogP contribution is -2.56. The first-order chi connectivity index (χ1) is 8.95. The van der Waals surface area contributed by atoms with Gasteiger partial charge in [-0.2, -0.15) is 0 Å². The standard InChI is InChI=1S/C16H20O3/c1-4-19-12-5-6-16(7-8-16)13-11(17)9-10(2)14(18)15(12,13)3/h5-6,9,12-13H,4,7-8H2,1-3H3/t12-,13+,15-/m0/s1. The summed E-state index contributed by atoms with van der Waals surface area (Å²) in [4.78, 5) is 25.2. The van der Waals surface area contributed by atoms with Gasteiger partial charge in [0.25, 0.3) is 0 Å². The smallest absolute Gasteiger partial charge is 0.168 e. The number of fused-ring (bicyclic) bond motifs is 2. The minimum atomic E-state index is -0.725. The summed E-state index contributed by atoms with van der Waals surface area (Å²) in [6.45, 7) is 6.13. The number of allylic oxidation sites excluding steroid dienone is 3. The Hall–Kier alpha value is -1.22. The van der Waals surface area contributed by atoms with Gasteiger partial charge >= 0.3 is 0 Å². The predicted octanol–water partition coefficient (Wildman–Crippen LogP) is 2.46. The molecule has 0 unspecified atom stereocenters. The normalized spacial score (nSPS) is 39.2. The molecular formula is C16H20O3. The van der Waals surface area contributed by atoms with Crippen molar-refractivity contribution in [3.63, 3.8) is 0 Å². The van der Waals surface area contributed by atoms with Gasteiger partial charge in [0.15, 0.2) is 11.6 Å². The first kappa shape index (κ1) is 12.8. The van der Waals surface area contributed by atoms with Crippen molar-refractivity contribution in [3.05, 3.63) is 23.8 Å². The number of hydrogen-bond acceptors (Lipinski definition) is 3. The fraction of sp³-hybridized carbons (Fsp3) is 0.625. The minimum absolute atomic E-state index is 0.0752. The molecule has 19 heavy (non-hydrogen) atoms. The molecule has 0 aliphatic heterocycles. The summed E-state index contributed by atoms with van der Waals surface area (Å²) in [6, 6.07) is 0. The van der Waals surface area contributed by atoms with E-state index in [0.717, 1.165) is 12.8 Å². The van der Waals surface area contributed by atoms with Crippen LogP contribution in [0.5, 0.6) is 0 Å². The topological polar surface area (TPSA) is 43.4 Å². The van der Waals surface area contributed by atoms with Gasteiger partial charge in [-0.15, -0.1) is 0 Å². The number of carbonyl (C=O) groups is 2. The van der Waals surface area contributed by atoms with E-state index in [1.165, 1.54) is 6.08 Å². The van der Waals surface area contributed by atoms with Crippen LogP contribution >= 0.6 is 0 Å². The average molecular weight is 260 g/mol. The van der Waals surface area contributed by atoms with E-state index in [-0.39, 0.29) is 29.0 Å². The highest BCUT2D eigenvalue weighted by Gasteiger charge is 2.65. The molecule has 0 N–H and O–H groups in total. The highest BCUT2D eigenvalue weighted by molar-refractivity contribution is 6.13. The third-order valence-electron chi connectivity index (χ3n) is 5.03. The summed E-state index contributed by atoms with van der Waals surface area (Å²) in [6.07, 6.45) is 7.41. The lowest BCUT2D eigenvalue weighted by atomic mass is 9.55. The summed E-state index contributed by atoms with van der Waals surface area (Å²) >= 11 is 0. The van der Waals surface area contributed by atoms with Crippen LogP contribution in [0, 0.1) is 16.7 Å². The number of ether oxygens (including phenoxy) is 1. The molecule has 0 bridgehead atoms. The van der Waals surface area contributed by atoms with Crippen LogP contribution in [-0.4, -0.2) is 24.3 Å². The zero-order valence-corrected chi connectivity index (χ0v) is 11.7. The van der Waals surface area contributed by atoms with Crippen LogP contribution in [0.1, 0.15) is 33.6 Å². The van der Waals surface area contributed by atoms with Gasteiger partial charge in [-0.25, -0.2) is 0 Å². The molecular weight excluding hydrogens is 240 g/mol. The Morgan fingerprint density at radius 1 is 1.37 bits per heavy atom. The van der Waals surface area contributed by atoms with Crippen molar-refractivity contribution in [2.75, 3.05) is 6.61 Å². The van der Waals surface area contributed by atoms with Crippen molar-refractivity contribution in [2.45, 2.75) is 39.7 Å². The Morgan fingerprint density at radius 3 is 2.63 bits per heavy atom. The van der Waals surface area contributed by atoms with Gasteiger partial charge in [0.1, 0.15) is 0 Å². The van der Waals surface area contributed by atoms with E-state index in [1.54, 1.807) is 6.92 Å². The summed E-state index contributed by atoms with van der Waals surface area (Å²) in [7, 11) is 0. The summed E-state index contributed by atoms with van der Waals surface area (Å²) in [5, 5.41) is 0. The molecule has 0 heterocycles. The van der Waals surface area contributed by atoms with Gasteiger partial charge in [0.2, 0.25) is 0 Å². The molecule has 3 nitrogen and oxygen atoms in total. The minimum Gasteiger partial charge on any atom is -0.373 e. The molecule has 1 spiro atoms. The predicted molar refractivity (Wildman–Crippen MR) is 71.6 cm³/mol. The van der Waals surface area contributed by atoms with E-state index in [2.05, 4.69) is 6.08 Å². The van der Waals surface area contributed by atoms with Crippen LogP contribution in [0.2, 0.25) is 0 Å². The molecule has 0 radical (unpaired) electrons. The van der Waals surface area contributed by atoms with Crippen LogP contribution in [0.25, 0.3) is 0 Å². The molecule has 0 aromatic carbocycles. The Morgan fingerprint density at radius 2 is 2.05 bits per heavy atom. The van der Waals surface area contributed by atoms with E-state index in [1.807, 2.05) is 19.9 Å². The Bertz CT molecular complexity index is 510. The highest BCUT2D eigenvalue weighted by Crippen LogP contribution is 2.64. The third-order valence-corrected chi connectivity index (χ3v) is 5.03. The first-order valence-corrected chi connectivity index (χ1v) is 7.03. The van der Waals surface area contributed by atoms with Gasteiger partial charge in [-0.05, 0) is 50.7 Å². The van der Waals surface area contributed by atoms with Gasteiger partial charge in [0.05, 0.1) is 11.5 Å². The van der Waals surface area contributed by atoms with E-state index < -0.39 is 5.41 Å². The molecule has 1 saturated carbocycles. The maximum absolute atomic E-state index is 12.7. The van der Waals surface area contributed by atoms with E-state index >= 15 is 0 Å². The maximum atomic E-state index is 12.7. The van der Waals surface area contributed by atoms with Crippen LogP contribution in [0.4, 0.5) is 0 Å². The first-order valence-electron chi connectivity index (χ1n) is 7.03. The SMILES string of the molecule is CCO[C@H]1C=CC2(CC2)[C@@H]2C(=O)C=C(C)C(=O)[C@@]12C. The lowest BCUT2D eigenvalue weighted by molar-refractivity contribution is -0.149. The molecule has 3 rings (SSSR count). The number of hydrogen-bond donors (Lipinski definition) is 0. The molecule has 0 saturated heterocycles. The van der Waals surface area contributed by atoms with Gasteiger partial charge < -0.3 is 4.74 Å². The zero-order valence-electron chi connectivity index (χ0n) is 11.7. The second kappa shape index (κ2) is 3.89. The number of Topliss-reactive ketones (excluding diaryl/α,β-unsaturated/α-hetero) is 1. The zero-order chi connectivity index (χ0) is 13.8. The monoisotopic (exact) mass is 260 g/mol. The molecule has 3 aliphatic carbocycles. The Kier molecular flexibility index (Phi) is 2.62. The third kappa shape index (κ3) is 1.54. The molecule has 0 aromatic rings. The Labute approximate surface area is 113 Å². The van der Waals surface area contributed by atoms with E-state index in [9.17, 15) is 9.59 Å². The fourth-order valence-electron chi connectivity index (χ4n) is 3.97. The lowest BCUT2D eigenvalue weighted by Gasteiger charge is -2.48. The van der Waals surface area contributed by atoms with Gasteiger partial charge in [-0.3, -0.25) is 9.59 Å². The van der Waals surface area contributed by atoms with Crippen molar-refractivity contribution >= 4 is 11.6 Å². The van der Waals surface area contributed by atoms with Gasteiger partial charge in [0, 0.05) is 12.5 Å². The largest absolute Gasteiger partial charge is 0.373 e. The number of rotatable bonds is 2.